The summed E-state index contributed by atoms with van der Waals surface area (Å²) in [7, 11) is 0. The summed E-state index contributed by atoms with van der Waals surface area (Å²) in [5, 5.41) is 3.41. The molecule has 1 aromatic carbocycles. The Labute approximate surface area is 137 Å². The predicted octanol–water partition coefficient (Wildman–Crippen LogP) is 2.04. The Morgan fingerprint density at radius 1 is 1.29 bits per heavy atom. The number of fused-ring (bicyclic) bond motifs is 2. The molecule has 7 heteroatoms. The van der Waals surface area contributed by atoms with Crippen LogP contribution in [0, 0.1) is 0 Å². The summed E-state index contributed by atoms with van der Waals surface area (Å²) in [6.07, 6.45) is 3.01. The molecule has 0 saturated heterocycles. The molecule has 24 heavy (non-hydrogen) atoms. The minimum Gasteiger partial charge on any atom is -0.462 e. The van der Waals surface area contributed by atoms with Crippen molar-refractivity contribution < 1.29 is 14.3 Å². The van der Waals surface area contributed by atoms with Gasteiger partial charge in [-0.05, 0) is 18.6 Å². The van der Waals surface area contributed by atoms with E-state index < -0.39 is 5.97 Å². The van der Waals surface area contributed by atoms with Crippen molar-refractivity contribution >= 4 is 22.9 Å². The van der Waals surface area contributed by atoms with Crippen molar-refractivity contribution in [2.24, 2.45) is 0 Å². The monoisotopic (exact) mass is 322 g/mol. The molecule has 0 bridgehead atoms. The fourth-order valence-electron chi connectivity index (χ4n) is 3.01. The van der Waals surface area contributed by atoms with Gasteiger partial charge in [-0.1, -0.05) is 12.1 Å². The third-order valence-corrected chi connectivity index (χ3v) is 4.07. The number of rotatable bonds is 3. The number of esters is 1. The number of ether oxygens (including phenoxy) is 1. The smallest absolute Gasteiger partial charge is 0.340 e. The molecule has 4 rings (SSSR count). The molecule has 0 radical (unpaired) electrons. The van der Waals surface area contributed by atoms with E-state index in [0.717, 1.165) is 11.1 Å². The van der Waals surface area contributed by atoms with Crippen molar-refractivity contribution in [3.8, 4) is 11.3 Å². The Morgan fingerprint density at radius 3 is 2.96 bits per heavy atom. The van der Waals surface area contributed by atoms with Gasteiger partial charge in [0.1, 0.15) is 12.0 Å². The minimum atomic E-state index is -0.429. The first-order valence-electron chi connectivity index (χ1n) is 7.60. The van der Waals surface area contributed by atoms with Crippen molar-refractivity contribution in [2.75, 3.05) is 6.61 Å². The largest absolute Gasteiger partial charge is 0.462 e. The van der Waals surface area contributed by atoms with Crippen LogP contribution in [0.3, 0.4) is 0 Å². The number of nitrogens with zero attached hydrogens (tertiary/aromatic N) is 2. The normalized spacial score (nSPS) is 13.0. The highest BCUT2D eigenvalue weighted by Gasteiger charge is 2.25. The molecular formula is C17H14N4O3. The number of carbonyl (C=O) groups is 2. The van der Waals surface area contributed by atoms with Crippen LogP contribution in [0.1, 0.15) is 33.2 Å². The lowest BCUT2D eigenvalue weighted by Crippen LogP contribution is -2.12. The van der Waals surface area contributed by atoms with Crippen molar-refractivity contribution in [3.63, 3.8) is 0 Å². The number of amides is 1. The summed E-state index contributed by atoms with van der Waals surface area (Å²) in [5.74, 6) is -0.529. The van der Waals surface area contributed by atoms with Crippen LogP contribution in [0.4, 0.5) is 0 Å². The predicted molar refractivity (Wildman–Crippen MR) is 86.5 cm³/mol. The first kappa shape index (κ1) is 14.4. The van der Waals surface area contributed by atoms with E-state index in [-0.39, 0.29) is 12.5 Å². The maximum Gasteiger partial charge on any atom is 0.340 e. The number of hydrogen-bond acceptors (Lipinski definition) is 5. The van der Waals surface area contributed by atoms with Crippen LogP contribution >= 0.6 is 0 Å². The maximum atomic E-state index is 12.2. The van der Waals surface area contributed by atoms with Gasteiger partial charge < -0.3 is 15.0 Å². The van der Waals surface area contributed by atoms with E-state index in [2.05, 4.69) is 20.3 Å². The minimum absolute atomic E-state index is 0.100. The van der Waals surface area contributed by atoms with Crippen molar-refractivity contribution in [3.05, 3.63) is 47.4 Å². The lowest BCUT2D eigenvalue weighted by Gasteiger charge is -2.08. The van der Waals surface area contributed by atoms with Crippen molar-refractivity contribution in [1.82, 2.24) is 20.3 Å². The van der Waals surface area contributed by atoms with Gasteiger partial charge in [0.25, 0.3) is 5.91 Å². The average molecular weight is 322 g/mol. The van der Waals surface area contributed by atoms with Crippen LogP contribution in [0.2, 0.25) is 0 Å². The molecule has 120 valence electrons. The highest BCUT2D eigenvalue weighted by molar-refractivity contribution is 6.09. The van der Waals surface area contributed by atoms with Gasteiger partial charge in [-0.15, -0.1) is 0 Å². The maximum absolute atomic E-state index is 12.2. The Kier molecular flexibility index (Phi) is 3.26. The van der Waals surface area contributed by atoms with Crippen LogP contribution in [0.25, 0.3) is 22.3 Å². The second kappa shape index (κ2) is 5.45. The number of aromatic amines is 1. The molecule has 1 aliphatic rings. The van der Waals surface area contributed by atoms with E-state index in [9.17, 15) is 9.59 Å². The molecule has 0 spiro atoms. The first-order chi connectivity index (χ1) is 11.7. The molecule has 2 N–H and O–H groups in total. The molecule has 3 aromatic rings. The number of aromatic nitrogens is 3. The molecular weight excluding hydrogens is 308 g/mol. The fraction of sp³-hybridized carbons (Fsp3) is 0.176. The Morgan fingerprint density at radius 2 is 2.12 bits per heavy atom. The van der Waals surface area contributed by atoms with Gasteiger partial charge in [0.05, 0.1) is 23.3 Å². The molecule has 0 aliphatic carbocycles. The molecule has 0 atom stereocenters. The number of H-pyrrole nitrogens is 1. The van der Waals surface area contributed by atoms with E-state index in [1.165, 1.54) is 6.33 Å². The second-order valence-corrected chi connectivity index (χ2v) is 5.38. The van der Waals surface area contributed by atoms with E-state index >= 15 is 0 Å². The number of nitrogens with one attached hydrogen (secondary N) is 2. The zero-order valence-electron chi connectivity index (χ0n) is 12.9. The standard InChI is InChI=1S/C17H14N4O3/c1-2-24-17(23)12-7-18-15-13(12)14(20-8-21-15)9-4-3-5-10-11(9)6-19-16(10)22/h3-5,7-8H,2,6H2,1H3,(H,19,22)(H,18,20,21). The molecule has 7 nitrogen and oxygen atoms in total. The molecule has 3 heterocycles. The van der Waals surface area contributed by atoms with Crippen LogP contribution < -0.4 is 5.32 Å². The van der Waals surface area contributed by atoms with E-state index in [0.29, 0.717) is 34.4 Å². The Hall–Kier alpha value is -3.22. The van der Waals surface area contributed by atoms with Gasteiger partial charge in [0.15, 0.2) is 0 Å². The highest BCUT2D eigenvalue weighted by Crippen LogP contribution is 2.33. The van der Waals surface area contributed by atoms with Crippen LogP contribution in [-0.2, 0) is 11.3 Å². The number of benzene rings is 1. The SMILES string of the molecule is CCOC(=O)c1c[nH]c2ncnc(-c3cccc4c3CNC4=O)c12. The zero-order valence-corrected chi connectivity index (χ0v) is 12.9. The van der Waals surface area contributed by atoms with Crippen LogP contribution in [0.5, 0.6) is 0 Å². The topological polar surface area (TPSA) is 97.0 Å². The summed E-state index contributed by atoms with van der Waals surface area (Å²) in [5.41, 5.74) is 3.86. The molecule has 1 aliphatic heterocycles. The summed E-state index contributed by atoms with van der Waals surface area (Å²) >= 11 is 0. The van der Waals surface area contributed by atoms with Crippen LogP contribution in [-0.4, -0.2) is 33.4 Å². The van der Waals surface area contributed by atoms with Crippen molar-refractivity contribution in [2.45, 2.75) is 13.5 Å². The molecule has 0 saturated carbocycles. The van der Waals surface area contributed by atoms with Gasteiger partial charge in [-0.2, -0.15) is 0 Å². The molecule has 1 amide bonds. The quantitative estimate of drug-likeness (QED) is 0.719. The Balaban J connectivity index is 1.97. The highest BCUT2D eigenvalue weighted by atomic mass is 16.5. The van der Waals surface area contributed by atoms with Crippen molar-refractivity contribution in [1.29, 1.82) is 0 Å². The molecule has 2 aromatic heterocycles. The fourth-order valence-corrected chi connectivity index (χ4v) is 3.01. The summed E-state index contributed by atoms with van der Waals surface area (Å²) < 4.78 is 5.11. The Bertz CT molecular complexity index is 977. The van der Waals surface area contributed by atoms with Gasteiger partial charge in [0, 0.05) is 23.9 Å². The van der Waals surface area contributed by atoms with Crippen LogP contribution in [0.15, 0.2) is 30.7 Å². The van der Waals surface area contributed by atoms with Gasteiger partial charge in [-0.25, -0.2) is 14.8 Å². The lowest BCUT2D eigenvalue weighted by atomic mass is 9.98. The molecule has 0 unspecified atom stereocenters. The zero-order chi connectivity index (χ0) is 16.7. The third kappa shape index (κ3) is 2.05. The van der Waals surface area contributed by atoms with Gasteiger partial charge in [0.2, 0.25) is 0 Å². The average Bonchev–Trinajstić information content (AvgIpc) is 3.19. The summed E-state index contributed by atoms with van der Waals surface area (Å²) in [6.45, 7) is 2.48. The first-order valence-corrected chi connectivity index (χ1v) is 7.60. The number of carbonyl (C=O) groups excluding carboxylic acids is 2. The summed E-state index contributed by atoms with van der Waals surface area (Å²) in [4.78, 5) is 35.7. The lowest BCUT2D eigenvalue weighted by molar-refractivity contribution is 0.0528. The molecule has 0 fully saturated rings. The van der Waals surface area contributed by atoms with Gasteiger partial charge >= 0.3 is 5.97 Å². The van der Waals surface area contributed by atoms with E-state index in [1.807, 2.05) is 12.1 Å². The second-order valence-electron chi connectivity index (χ2n) is 5.38. The number of hydrogen-bond donors (Lipinski definition) is 2. The summed E-state index contributed by atoms with van der Waals surface area (Å²) in [6, 6.07) is 5.48. The van der Waals surface area contributed by atoms with E-state index in [1.54, 1.807) is 19.2 Å². The third-order valence-electron chi connectivity index (χ3n) is 4.07. The van der Waals surface area contributed by atoms with E-state index in [4.69, 9.17) is 4.74 Å². The van der Waals surface area contributed by atoms with Gasteiger partial charge in [-0.3, -0.25) is 4.79 Å².